The Labute approximate surface area is 159 Å². The Hall–Kier alpha value is -2.34. The first kappa shape index (κ1) is 19.4. The lowest BCUT2D eigenvalue weighted by Gasteiger charge is -2.19. The molecule has 1 aliphatic rings. The fourth-order valence-corrected chi connectivity index (χ4v) is 3.44. The molecule has 27 heavy (non-hydrogen) atoms. The summed E-state index contributed by atoms with van der Waals surface area (Å²) in [6, 6.07) is 7.13. The summed E-state index contributed by atoms with van der Waals surface area (Å²) >= 11 is 0. The highest BCUT2D eigenvalue weighted by molar-refractivity contribution is 5.95. The van der Waals surface area contributed by atoms with Gasteiger partial charge in [-0.05, 0) is 37.8 Å². The Morgan fingerprint density at radius 1 is 1.15 bits per heavy atom. The summed E-state index contributed by atoms with van der Waals surface area (Å²) in [5.74, 6) is 0.0620. The van der Waals surface area contributed by atoms with Crippen LogP contribution in [0.5, 0.6) is 11.5 Å². The van der Waals surface area contributed by atoms with Gasteiger partial charge in [0.2, 0.25) is 0 Å². The molecule has 1 heterocycles. The van der Waals surface area contributed by atoms with E-state index in [9.17, 15) is 9.90 Å². The number of aromatic nitrogens is 1. The SMILES string of the molecule is COCCCOc1cc(C(=O)O)nc2c(OC3CCCCCC3)cccc12. The van der Waals surface area contributed by atoms with Crippen molar-refractivity contribution in [1.82, 2.24) is 4.98 Å². The highest BCUT2D eigenvalue weighted by Gasteiger charge is 2.18. The lowest BCUT2D eigenvalue weighted by atomic mass is 10.1. The Morgan fingerprint density at radius 3 is 2.63 bits per heavy atom. The largest absolute Gasteiger partial charge is 0.493 e. The van der Waals surface area contributed by atoms with E-state index in [1.165, 1.54) is 18.9 Å². The van der Waals surface area contributed by atoms with Crippen LogP contribution in [0.2, 0.25) is 0 Å². The first-order chi connectivity index (χ1) is 13.2. The molecule has 6 nitrogen and oxygen atoms in total. The van der Waals surface area contributed by atoms with Crippen LogP contribution in [0.15, 0.2) is 24.3 Å². The van der Waals surface area contributed by atoms with Crippen molar-refractivity contribution in [2.24, 2.45) is 0 Å². The van der Waals surface area contributed by atoms with Crippen LogP contribution in [0.3, 0.4) is 0 Å². The fraction of sp³-hybridized carbons (Fsp3) is 0.524. The van der Waals surface area contributed by atoms with E-state index in [0.29, 0.717) is 30.2 Å². The minimum absolute atomic E-state index is 0.0406. The number of carboxylic acids is 1. The minimum atomic E-state index is -1.08. The van der Waals surface area contributed by atoms with Crippen molar-refractivity contribution in [2.45, 2.75) is 51.0 Å². The topological polar surface area (TPSA) is 77.9 Å². The standard InChI is InChI=1S/C21H27NO5/c1-25-12-7-13-26-19-14-17(21(23)24)22-20-16(19)10-6-11-18(20)27-15-8-4-2-3-5-9-15/h6,10-11,14-15H,2-5,7-9,12-13H2,1H3,(H,23,24). The number of ether oxygens (including phenoxy) is 3. The van der Waals surface area contributed by atoms with Crippen molar-refractivity contribution in [3.63, 3.8) is 0 Å². The van der Waals surface area contributed by atoms with Gasteiger partial charge in [0, 0.05) is 31.6 Å². The molecule has 2 aromatic rings. The lowest BCUT2D eigenvalue weighted by molar-refractivity contribution is 0.0690. The summed E-state index contributed by atoms with van der Waals surface area (Å²) in [6.45, 7) is 1.03. The quantitative estimate of drug-likeness (QED) is 0.544. The molecule has 1 fully saturated rings. The van der Waals surface area contributed by atoms with E-state index in [-0.39, 0.29) is 11.8 Å². The normalized spacial score (nSPS) is 15.4. The maximum Gasteiger partial charge on any atom is 0.354 e. The predicted molar refractivity (Wildman–Crippen MR) is 103 cm³/mol. The van der Waals surface area contributed by atoms with Gasteiger partial charge < -0.3 is 19.3 Å². The molecule has 1 aromatic carbocycles. The van der Waals surface area contributed by atoms with Crippen LogP contribution >= 0.6 is 0 Å². The van der Waals surface area contributed by atoms with Crippen LogP contribution in [0.25, 0.3) is 10.9 Å². The molecule has 0 unspecified atom stereocenters. The number of para-hydroxylation sites is 1. The predicted octanol–water partition coefficient (Wildman–Crippen LogP) is 4.45. The number of rotatable bonds is 8. The van der Waals surface area contributed by atoms with Crippen LogP contribution in [0.1, 0.15) is 55.4 Å². The first-order valence-electron chi connectivity index (χ1n) is 9.64. The van der Waals surface area contributed by atoms with Gasteiger partial charge in [-0.3, -0.25) is 0 Å². The number of methoxy groups -OCH3 is 1. The van der Waals surface area contributed by atoms with Crippen molar-refractivity contribution < 1.29 is 24.1 Å². The fourth-order valence-electron chi connectivity index (χ4n) is 3.44. The van der Waals surface area contributed by atoms with Gasteiger partial charge in [-0.15, -0.1) is 0 Å². The van der Waals surface area contributed by atoms with Crippen LogP contribution in [0.4, 0.5) is 0 Å². The number of aromatic carboxylic acids is 1. The molecule has 3 rings (SSSR count). The van der Waals surface area contributed by atoms with Crippen LogP contribution in [-0.4, -0.2) is 42.5 Å². The molecule has 0 amide bonds. The average Bonchev–Trinajstić information content (AvgIpc) is 2.94. The smallest absolute Gasteiger partial charge is 0.354 e. The molecule has 146 valence electrons. The summed E-state index contributed by atoms with van der Waals surface area (Å²) < 4.78 is 17.1. The van der Waals surface area contributed by atoms with Gasteiger partial charge in [-0.1, -0.05) is 18.9 Å². The second-order valence-electron chi connectivity index (χ2n) is 6.89. The molecule has 0 saturated heterocycles. The molecule has 0 bridgehead atoms. The van der Waals surface area contributed by atoms with Crippen molar-refractivity contribution in [3.8, 4) is 11.5 Å². The first-order valence-corrected chi connectivity index (χ1v) is 9.64. The van der Waals surface area contributed by atoms with Crippen molar-refractivity contribution in [1.29, 1.82) is 0 Å². The Morgan fingerprint density at radius 2 is 1.93 bits per heavy atom. The lowest BCUT2D eigenvalue weighted by Crippen LogP contribution is -2.15. The zero-order valence-corrected chi connectivity index (χ0v) is 15.8. The van der Waals surface area contributed by atoms with E-state index in [1.807, 2.05) is 18.2 Å². The Balaban J connectivity index is 1.91. The van der Waals surface area contributed by atoms with E-state index in [1.54, 1.807) is 7.11 Å². The third-order valence-electron chi connectivity index (χ3n) is 4.83. The molecule has 1 N–H and O–H groups in total. The summed E-state index contributed by atoms with van der Waals surface area (Å²) in [4.78, 5) is 15.9. The Bertz CT molecular complexity index is 769. The van der Waals surface area contributed by atoms with Crippen LogP contribution < -0.4 is 9.47 Å². The van der Waals surface area contributed by atoms with E-state index >= 15 is 0 Å². The van der Waals surface area contributed by atoms with Crippen molar-refractivity contribution >= 4 is 16.9 Å². The molecule has 0 spiro atoms. The number of fused-ring (bicyclic) bond motifs is 1. The highest BCUT2D eigenvalue weighted by Crippen LogP contribution is 2.33. The molecule has 0 radical (unpaired) electrons. The summed E-state index contributed by atoms with van der Waals surface area (Å²) in [6.07, 6.45) is 7.74. The average molecular weight is 373 g/mol. The van der Waals surface area contributed by atoms with E-state index in [0.717, 1.165) is 37.5 Å². The third kappa shape index (κ3) is 5.10. The summed E-state index contributed by atoms with van der Waals surface area (Å²) in [5, 5.41) is 10.2. The van der Waals surface area contributed by atoms with Crippen molar-refractivity contribution in [3.05, 3.63) is 30.0 Å². The van der Waals surface area contributed by atoms with Crippen LogP contribution in [-0.2, 0) is 4.74 Å². The number of pyridine rings is 1. The highest BCUT2D eigenvalue weighted by atomic mass is 16.5. The van der Waals surface area contributed by atoms with E-state index < -0.39 is 5.97 Å². The second-order valence-corrected chi connectivity index (χ2v) is 6.89. The molecule has 1 aliphatic carbocycles. The van der Waals surface area contributed by atoms with Gasteiger partial charge in [0.25, 0.3) is 0 Å². The summed E-state index contributed by atoms with van der Waals surface area (Å²) in [7, 11) is 1.64. The van der Waals surface area contributed by atoms with Gasteiger partial charge >= 0.3 is 5.97 Å². The zero-order chi connectivity index (χ0) is 19.1. The molecule has 1 aromatic heterocycles. The number of carbonyl (C=O) groups is 1. The Kier molecular flexibility index (Phi) is 6.87. The molecular formula is C21H27NO5. The number of carboxylic acid groups (broad SMARTS) is 1. The van der Waals surface area contributed by atoms with E-state index in [4.69, 9.17) is 14.2 Å². The molecule has 0 atom stereocenters. The molecule has 1 saturated carbocycles. The summed E-state index contributed by atoms with van der Waals surface area (Å²) in [5.41, 5.74) is 0.504. The van der Waals surface area contributed by atoms with Gasteiger partial charge in [0.15, 0.2) is 5.69 Å². The van der Waals surface area contributed by atoms with Gasteiger partial charge in [0.1, 0.15) is 17.0 Å². The zero-order valence-electron chi connectivity index (χ0n) is 15.8. The number of nitrogens with zero attached hydrogens (tertiary/aromatic N) is 1. The van der Waals surface area contributed by atoms with Crippen LogP contribution in [0, 0.1) is 0 Å². The van der Waals surface area contributed by atoms with E-state index in [2.05, 4.69) is 4.98 Å². The van der Waals surface area contributed by atoms with Gasteiger partial charge in [-0.2, -0.15) is 0 Å². The number of benzene rings is 1. The number of hydrogen-bond donors (Lipinski definition) is 1. The second kappa shape index (κ2) is 9.55. The third-order valence-corrected chi connectivity index (χ3v) is 4.83. The van der Waals surface area contributed by atoms with Crippen molar-refractivity contribution in [2.75, 3.05) is 20.3 Å². The monoisotopic (exact) mass is 373 g/mol. The minimum Gasteiger partial charge on any atom is -0.493 e. The van der Waals surface area contributed by atoms with Gasteiger partial charge in [0.05, 0.1) is 12.7 Å². The maximum absolute atomic E-state index is 11.5. The molecule has 0 aliphatic heterocycles. The molecule has 6 heteroatoms. The maximum atomic E-state index is 11.5. The molecular weight excluding hydrogens is 346 g/mol. The number of hydrogen-bond acceptors (Lipinski definition) is 5. The van der Waals surface area contributed by atoms with Gasteiger partial charge in [-0.25, -0.2) is 9.78 Å².